The van der Waals surface area contributed by atoms with Crippen molar-refractivity contribution in [2.75, 3.05) is 5.73 Å². The Morgan fingerprint density at radius 2 is 2.33 bits per heavy atom. The van der Waals surface area contributed by atoms with Gasteiger partial charge in [-0.05, 0) is 6.07 Å². The Bertz CT molecular complexity index is 592. The summed E-state index contributed by atoms with van der Waals surface area (Å²) in [6.45, 7) is 0. The summed E-state index contributed by atoms with van der Waals surface area (Å²) in [6, 6.07) is 3.50. The number of carbonyl (C=O) groups is 1. The highest BCUT2D eigenvalue weighted by molar-refractivity contribution is 6.09. The minimum absolute atomic E-state index is 0.162. The van der Waals surface area contributed by atoms with Gasteiger partial charge in [-0.2, -0.15) is 5.26 Å². The van der Waals surface area contributed by atoms with E-state index in [0.29, 0.717) is 16.6 Å². The fraction of sp³-hybridized carbons (Fsp3) is 0. The van der Waals surface area contributed by atoms with E-state index in [2.05, 4.69) is 9.97 Å². The molecule has 2 aromatic rings. The van der Waals surface area contributed by atoms with Gasteiger partial charge in [0.05, 0.1) is 11.1 Å². The van der Waals surface area contributed by atoms with Crippen molar-refractivity contribution in [1.29, 1.82) is 5.26 Å². The molecule has 0 radical (unpaired) electrons. The summed E-state index contributed by atoms with van der Waals surface area (Å²) in [5.41, 5.74) is 12.2. The van der Waals surface area contributed by atoms with Crippen LogP contribution in [0.1, 0.15) is 15.9 Å². The van der Waals surface area contributed by atoms with Gasteiger partial charge in [-0.1, -0.05) is 0 Å². The van der Waals surface area contributed by atoms with Gasteiger partial charge in [0.15, 0.2) is 0 Å². The number of aromatic nitrogens is 2. The highest BCUT2D eigenvalue weighted by Crippen LogP contribution is 2.22. The summed E-state index contributed by atoms with van der Waals surface area (Å²) in [5.74, 6) is -0.476. The smallest absolute Gasteiger partial charge is 0.254 e. The van der Waals surface area contributed by atoms with Crippen LogP contribution in [0.25, 0.3) is 11.0 Å². The van der Waals surface area contributed by atoms with Crippen molar-refractivity contribution < 1.29 is 4.79 Å². The molecule has 0 aliphatic rings. The van der Waals surface area contributed by atoms with Crippen LogP contribution in [0, 0.1) is 11.3 Å². The summed E-state index contributed by atoms with van der Waals surface area (Å²) in [5, 5.41) is 8.66. The van der Waals surface area contributed by atoms with E-state index in [9.17, 15) is 4.79 Å². The fourth-order valence-corrected chi connectivity index (χ4v) is 1.40. The molecule has 0 aliphatic carbocycles. The lowest BCUT2D eigenvalue weighted by Gasteiger charge is -1.93. The van der Waals surface area contributed by atoms with Crippen molar-refractivity contribution >= 4 is 22.8 Å². The average molecular weight is 201 g/mol. The first-order chi connectivity index (χ1) is 7.13. The zero-order valence-electron chi connectivity index (χ0n) is 7.61. The van der Waals surface area contributed by atoms with Crippen LogP contribution in [0.4, 0.5) is 5.82 Å². The van der Waals surface area contributed by atoms with Gasteiger partial charge in [0.25, 0.3) is 5.91 Å². The van der Waals surface area contributed by atoms with E-state index in [1.807, 2.05) is 6.07 Å². The van der Waals surface area contributed by atoms with Crippen LogP contribution >= 0.6 is 0 Å². The third-order valence-corrected chi connectivity index (χ3v) is 2.04. The summed E-state index contributed by atoms with van der Waals surface area (Å²) in [4.78, 5) is 17.8. The standard InChI is InChI=1S/C9H7N5O/c10-2-4-1-5-7(13-3-4)6(9(12)15)8(11)14-5/h1,3,14H,11H2,(H2,12,15). The molecule has 0 bridgehead atoms. The summed E-state index contributed by atoms with van der Waals surface area (Å²) in [6.07, 6.45) is 1.36. The van der Waals surface area contributed by atoms with Crippen LogP contribution in [-0.2, 0) is 0 Å². The molecular formula is C9H7N5O. The van der Waals surface area contributed by atoms with Crippen LogP contribution in [0.15, 0.2) is 12.3 Å². The molecule has 1 amide bonds. The van der Waals surface area contributed by atoms with Crippen LogP contribution in [0.2, 0.25) is 0 Å². The second-order valence-corrected chi connectivity index (χ2v) is 3.01. The number of nitrogens with one attached hydrogen (secondary N) is 1. The van der Waals surface area contributed by atoms with E-state index < -0.39 is 5.91 Å². The molecule has 0 saturated carbocycles. The van der Waals surface area contributed by atoms with Gasteiger partial charge < -0.3 is 16.5 Å². The second kappa shape index (κ2) is 2.99. The number of aromatic amines is 1. The number of nitrogens with two attached hydrogens (primary N) is 2. The molecule has 0 aromatic carbocycles. The van der Waals surface area contributed by atoms with E-state index in [0.717, 1.165) is 0 Å². The van der Waals surface area contributed by atoms with E-state index in [1.54, 1.807) is 6.07 Å². The van der Waals surface area contributed by atoms with E-state index in [-0.39, 0.29) is 11.4 Å². The number of carbonyl (C=O) groups excluding carboxylic acids is 1. The Kier molecular flexibility index (Phi) is 1.80. The lowest BCUT2D eigenvalue weighted by molar-refractivity contribution is 0.100. The number of nitriles is 1. The number of nitrogen functional groups attached to an aromatic ring is 1. The summed E-state index contributed by atoms with van der Waals surface area (Å²) >= 11 is 0. The highest BCUT2D eigenvalue weighted by Gasteiger charge is 2.15. The predicted octanol–water partition coefficient (Wildman–Crippen LogP) is 0.116. The molecule has 6 nitrogen and oxygen atoms in total. The Morgan fingerprint density at radius 1 is 1.60 bits per heavy atom. The molecule has 0 saturated heterocycles. The Hall–Kier alpha value is -2.55. The molecular weight excluding hydrogens is 194 g/mol. The van der Waals surface area contributed by atoms with Crippen molar-refractivity contribution in [2.24, 2.45) is 5.73 Å². The number of primary amides is 1. The third-order valence-electron chi connectivity index (χ3n) is 2.04. The topological polar surface area (TPSA) is 122 Å². The van der Waals surface area contributed by atoms with Gasteiger partial charge in [-0.3, -0.25) is 9.78 Å². The molecule has 0 atom stereocenters. The maximum atomic E-state index is 11.1. The fourth-order valence-electron chi connectivity index (χ4n) is 1.40. The lowest BCUT2D eigenvalue weighted by Crippen LogP contribution is -2.12. The monoisotopic (exact) mass is 201 g/mol. The average Bonchev–Trinajstić information content (AvgIpc) is 2.52. The Labute approximate surface area is 84.5 Å². The molecule has 15 heavy (non-hydrogen) atoms. The first-order valence-corrected chi connectivity index (χ1v) is 4.10. The first kappa shape index (κ1) is 9.02. The molecule has 6 heteroatoms. The Balaban J connectivity index is 2.81. The van der Waals surface area contributed by atoms with E-state index in [1.165, 1.54) is 6.20 Å². The second-order valence-electron chi connectivity index (χ2n) is 3.01. The minimum Gasteiger partial charge on any atom is -0.385 e. The molecule has 2 aromatic heterocycles. The number of anilines is 1. The molecule has 74 valence electrons. The van der Waals surface area contributed by atoms with Crippen molar-refractivity contribution in [3.05, 3.63) is 23.4 Å². The van der Waals surface area contributed by atoms with Gasteiger partial charge in [0, 0.05) is 6.20 Å². The molecule has 0 unspecified atom stereocenters. The largest absolute Gasteiger partial charge is 0.385 e. The first-order valence-electron chi connectivity index (χ1n) is 4.10. The van der Waals surface area contributed by atoms with Crippen LogP contribution < -0.4 is 11.5 Å². The lowest BCUT2D eigenvalue weighted by atomic mass is 10.2. The molecule has 0 aliphatic heterocycles. The number of nitrogens with zero attached hydrogens (tertiary/aromatic N) is 2. The zero-order chi connectivity index (χ0) is 11.0. The molecule has 5 N–H and O–H groups in total. The quantitative estimate of drug-likeness (QED) is 0.606. The maximum absolute atomic E-state index is 11.1. The number of rotatable bonds is 1. The molecule has 0 spiro atoms. The number of fused-ring (bicyclic) bond motifs is 1. The normalized spacial score (nSPS) is 10.1. The van der Waals surface area contributed by atoms with Gasteiger partial charge >= 0.3 is 0 Å². The Morgan fingerprint density at radius 3 is 2.93 bits per heavy atom. The number of H-pyrrole nitrogens is 1. The van der Waals surface area contributed by atoms with Crippen molar-refractivity contribution in [3.63, 3.8) is 0 Å². The number of pyridine rings is 1. The number of amides is 1. The van der Waals surface area contributed by atoms with Gasteiger partial charge in [-0.25, -0.2) is 0 Å². The predicted molar refractivity (Wildman–Crippen MR) is 53.7 cm³/mol. The molecule has 2 rings (SSSR count). The van der Waals surface area contributed by atoms with Gasteiger partial charge in [0.2, 0.25) is 0 Å². The molecule has 2 heterocycles. The molecule has 0 fully saturated rings. The maximum Gasteiger partial charge on any atom is 0.254 e. The van der Waals surface area contributed by atoms with Crippen molar-refractivity contribution in [2.45, 2.75) is 0 Å². The van der Waals surface area contributed by atoms with Crippen LogP contribution in [0.3, 0.4) is 0 Å². The van der Waals surface area contributed by atoms with Crippen LogP contribution in [0.5, 0.6) is 0 Å². The number of hydrogen-bond donors (Lipinski definition) is 3. The summed E-state index contributed by atoms with van der Waals surface area (Å²) < 4.78 is 0. The zero-order valence-corrected chi connectivity index (χ0v) is 7.61. The van der Waals surface area contributed by atoms with E-state index >= 15 is 0 Å². The SMILES string of the molecule is N#Cc1cnc2c(C(N)=O)c(N)[nH]c2c1. The highest BCUT2D eigenvalue weighted by atomic mass is 16.1. The third kappa shape index (κ3) is 1.26. The number of hydrogen-bond acceptors (Lipinski definition) is 4. The van der Waals surface area contributed by atoms with E-state index in [4.69, 9.17) is 16.7 Å². The van der Waals surface area contributed by atoms with Crippen LogP contribution in [-0.4, -0.2) is 15.9 Å². The van der Waals surface area contributed by atoms with Gasteiger partial charge in [-0.15, -0.1) is 0 Å². The van der Waals surface area contributed by atoms with Crippen molar-refractivity contribution in [3.8, 4) is 6.07 Å². The minimum atomic E-state index is -0.643. The van der Waals surface area contributed by atoms with Crippen molar-refractivity contribution in [1.82, 2.24) is 9.97 Å². The van der Waals surface area contributed by atoms with Gasteiger partial charge in [0.1, 0.15) is 23.0 Å². The summed E-state index contributed by atoms with van der Waals surface area (Å²) in [7, 11) is 0.